The summed E-state index contributed by atoms with van der Waals surface area (Å²) in [5.41, 5.74) is 1.23. The first kappa shape index (κ1) is 23.1. The molecular formula is C23H37NO3Si. The third kappa shape index (κ3) is 6.43. The van der Waals surface area contributed by atoms with E-state index < -0.39 is 14.1 Å². The molecule has 1 aliphatic heterocycles. The van der Waals surface area contributed by atoms with E-state index in [0.717, 1.165) is 0 Å². The molecule has 156 valence electrons. The van der Waals surface area contributed by atoms with Crippen molar-refractivity contribution in [2.24, 2.45) is 0 Å². The molecular weight excluding hydrogens is 366 g/mol. The zero-order valence-corrected chi connectivity index (χ0v) is 19.8. The summed E-state index contributed by atoms with van der Waals surface area (Å²) >= 11 is 0. The fraction of sp³-hybridized carbons (Fsp3) is 0.652. The van der Waals surface area contributed by atoms with Crippen LogP contribution in [-0.4, -0.2) is 39.5 Å². The lowest BCUT2D eigenvalue weighted by Gasteiger charge is -2.35. The van der Waals surface area contributed by atoms with Gasteiger partial charge in [-0.2, -0.15) is 0 Å². The van der Waals surface area contributed by atoms with Crippen molar-refractivity contribution in [3.63, 3.8) is 0 Å². The van der Waals surface area contributed by atoms with Crippen LogP contribution < -0.4 is 5.32 Å². The van der Waals surface area contributed by atoms with Gasteiger partial charge in [0.2, 0.25) is 0 Å². The van der Waals surface area contributed by atoms with Gasteiger partial charge in [0.1, 0.15) is 6.10 Å². The van der Waals surface area contributed by atoms with Crippen LogP contribution >= 0.6 is 0 Å². The molecule has 0 spiro atoms. The number of hydrogen-bond donors (Lipinski definition) is 1. The molecule has 0 aliphatic carbocycles. The van der Waals surface area contributed by atoms with E-state index in [9.17, 15) is 0 Å². The molecule has 2 rings (SSSR count). The minimum Gasteiger partial charge on any atom is -0.406 e. The highest BCUT2D eigenvalue weighted by Gasteiger charge is 2.38. The minimum atomic E-state index is -1.79. The highest BCUT2D eigenvalue weighted by molar-refractivity contribution is 6.74. The van der Waals surface area contributed by atoms with Gasteiger partial charge >= 0.3 is 0 Å². The Labute approximate surface area is 172 Å². The van der Waals surface area contributed by atoms with Crippen molar-refractivity contribution in [3.05, 3.63) is 35.9 Å². The van der Waals surface area contributed by atoms with Gasteiger partial charge in [-0.1, -0.05) is 62.9 Å². The maximum Gasteiger partial charge on any atom is 0.193 e. The van der Waals surface area contributed by atoms with Crippen LogP contribution in [0, 0.1) is 11.8 Å². The summed E-state index contributed by atoms with van der Waals surface area (Å²) in [6.07, 6.45) is -0.110. The van der Waals surface area contributed by atoms with Crippen LogP contribution in [0.4, 0.5) is 0 Å². The zero-order chi connectivity index (χ0) is 21.0. The average molecular weight is 404 g/mol. The minimum absolute atomic E-state index is 0.110. The predicted molar refractivity (Wildman–Crippen MR) is 118 cm³/mol. The highest BCUT2D eigenvalue weighted by atomic mass is 28.4. The predicted octanol–water partition coefficient (Wildman–Crippen LogP) is 4.88. The summed E-state index contributed by atoms with van der Waals surface area (Å²) in [7, 11) is -1.79. The van der Waals surface area contributed by atoms with Crippen LogP contribution in [0.2, 0.25) is 18.1 Å². The smallest absolute Gasteiger partial charge is 0.193 e. The van der Waals surface area contributed by atoms with Crippen molar-refractivity contribution < 1.29 is 13.9 Å². The third-order valence-corrected chi connectivity index (χ3v) is 10.2. The standard InChI is InChI=1S/C23H37NO3Si/c1-18(19-13-10-9-11-14-19)24-20(21-17-25-23(5,6)27-21)15-12-16-26-28(7,8)22(2,3)4/h9-11,13-14,18,20-21,24H,16-17H2,1-8H3/t18-,20-,21+/m0/s1. The van der Waals surface area contributed by atoms with Crippen LogP contribution in [0.15, 0.2) is 30.3 Å². The summed E-state index contributed by atoms with van der Waals surface area (Å²) in [6.45, 7) is 18.2. The van der Waals surface area contributed by atoms with Gasteiger partial charge in [-0.05, 0) is 44.5 Å². The normalized spacial score (nSPS) is 21.6. The molecule has 5 heteroatoms. The van der Waals surface area contributed by atoms with Crippen molar-refractivity contribution in [1.82, 2.24) is 5.32 Å². The first-order valence-electron chi connectivity index (χ1n) is 10.2. The van der Waals surface area contributed by atoms with Gasteiger partial charge < -0.3 is 13.9 Å². The molecule has 0 amide bonds. The van der Waals surface area contributed by atoms with E-state index in [1.54, 1.807) is 0 Å². The Morgan fingerprint density at radius 2 is 1.89 bits per heavy atom. The maximum atomic E-state index is 6.20. The van der Waals surface area contributed by atoms with E-state index in [0.29, 0.717) is 13.2 Å². The van der Waals surface area contributed by atoms with Gasteiger partial charge in [-0.25, -0.2) is 0 Å². The maximum absolute atomic E-state index is 6.20. The van der Waals surface area contributed by atoms with E-state index in [2.05, 4.69) is 82.2 Å². The Hall–Kier alpha value is -1.16. The van der Waals surface area contributed by atoms with Crippen LogP contribution in [0.3, 0.4) is 0 Å². The Bertz CT molecular complexity index is 685. The van der Waals surface area contributed by atoms with Crippen LogP contribution in [0.25, 0.3) is 0 Å². The molecule has 1 N–H and O–H groups in total. The summed E-state index contributed by atoms with van der Waals surface area (Å²) in [5.74, 6) is 6.02. The van der Waals surface area contributed by atoms with E-state index >= 15 is 0 Å². The van der Waals surface area contributed by atoms with Gasteiger partial charge in [0.25, 0.3) is 0 Å². The molecule has 3 atom stereocenters. The third-order valence-electron chi connectivity index (χ3n) is 5.70. The molecule has 0 saturated carbocycles. The van der Waals surface area contributed by atoms with Gasteiger partial charge in [0.05, 0.1) is 19.3 Å². The lowest BCUT2D eigenvalue weighted by Crippen LogP contribution is -2.42. The molecule has 0 aromatic heterocycles. The van der Waals surface area contributed by atoms with Crippen LogP contribution in [0.1, 0.15) is 53.1 Å². The molecule has 1 heterocycles. The molecule has 1 aromatic carbocycles. The van der Waals surface area contributed by atoms with Crippen molar-refractivity contribution in [1.29, 1.82) is 0 Å². The van der Waals surface area contributed by atoms with Crippen molar-refractivity contribution in [2.75, 3.05) is 13.2 Å². The number of benzene rings is 1. The summed E-state index contributed by atoms with van der Waals surface area (Å²) in [5, 5.41) is 3.80. The lowest BCUT2D eigenvalue weighted by atomic mass is 10.1. The van der Waals surface area contributed by atoms with E-state index in [1.165, 1.54) is 5.56 Å². The number of ether oxygens (including phenoxy) is 2. The van der Waals surface area contributed by atoms with Gasteiger partial charge in [0.15, 0.2) is 14.1 Å². The largest absolute Gasteiger partial charge is 0.406 e. The molecule has 1 aromatic rings. The Morgan fingerprint density at radius 3 is 2.43 bits per heavy atom. The SMILES string of the molecule is C[C@H](N[C@@H](C#CCO[Si](C)(C)C(C)(C)C)[C@H]1COC(C)(C)O1)c1ccccc1. The number of rotatable bonds is 6. The van der Waals surface area contributed by atoms with Gasteiger partial charge in [0, 0.05) is 6.04 Å². The van der Waals surface area contributed by atoms with Crippen LogP contribution in [0.5, 0.6) is 0 Å². The quantitative estimate of drug-likeness (QED) is 0.543. The molecule has 0 bridgehead atoms. The molecule has 28 heavy (non-hydrogen) atoms. The van der Waals surface area contributed by atoms with Crippen molar-refractivity contribution >= 4 is 8.32 Å². The molecule has 1 aliphatic rings. The fourth-order valence-corrected chi connectivity index (χ4v) is 3.68. The molecule has 1 saturated heterocycles. The molecule has 0 radical (unpaired) electrons. The molecule has 0 unspecified atom stereocenters. The highest BCUT2D eigenvalue weighted by Crippen LogP contribution is 2.36. The first-order chi connectivity index (χ1) is 12.9. The second-order valence-electron chi connectivity index (χ2n) is 9.51. The Balaban J connectivity index is 2.07. The first-order valence-corrected chi connectivity index (χ1v) is 13.1. The number of nitrogens with one attached hydrogen (secondary N) is 1. The monoisotopic (exact) mass is 403 g/mol. The second-order valence-corrected chi connectivity index (χ2v) is 14.3. The Kier molecular flexibility index (Phi) is 7.52. The number of hydrogen-bond acceptors (Lipinski definition) is 4. The second kappa shape index (κ2) is 9.11. The average Bonchev–Trinajstić information content (AvgIpc) is 2.97. The van der Waals surface area contributed by atoms with Crippen molar-refractivity contribution in [2.45, 2.75) is 83.6 Å². The zero-order valence-electron chi connectivity index (χ0n) is 18.8. The van der Waals surface area contributed by atoms with Gasteiger partial charge in [-0.3, -0.25) is 5.32 Å². The van der Waals surface area contributed by atoms with Crippen molar-refractivity contribution in [3.8, 4) is 11.8 Å². The lowest BCUT2D eigenvalue weighted by molar-refractivity contribution is -0.140. The van der Waals surface area contributed by atoms with E-state index in [-0.39, 0.29) is 23.2 Å². The molecule has 4 nitrogen and oxygen atoms in total. The van der Waals surface area contributed by atoms with Crippen LogP contribution in [-0.2, 0) is 13.9 Å². The van der Waals surface area contributed by atoms with E-state index in [1.807, 2.05) is 19.9 Å². The van der Waals surface area contributed by atoms with Gasteiger partial charge in [-0.15, -0.1) is 0 Å². The summed E-state index contributed by atoms with van der Waals surface area (Å²) < 4.78 is 18.1. The van der Waals surface area contributed by atoms with E-state index in [4.69, 9.17) is 13.9 Å². The molecule has 1 fully saturated rings. The summed E-state index contributed by atoms with van der Waals surface area (Å²) in [6, 6.07) is 10.4. The fourth-order valence-electron chi connectivity index (χ4n) is 2.81. The Morgan fingerprint density at radius 1 is 1.25 bits per heavy atom. The summed E-state index contributed by atoms with van der Waals surface area (Å²) in [4.78, 5) is 0. The topological polar surface area (TPSA) is 39.7 Å².